The van der Waals surface area contributed by atoms with Crippen molar-refractivity contribution >= 4 is 20.0 Å². The number of benzene rings is 2. The van der Waals surface area contributed by atoms with Crippen LogP contribution in [0.5, 0.6) is 0 Å². The summed E-state index contributed by atoms with van der Waals surface area (Å²) in [5.41, 5.74) is 4.25. The highest BCUT2D eigenvalue weighted by atomic mass is 32.2. The summed E-state index contributed by atoms with van der Waals surface area (Å²) < 4.78 is 47.2. The third kappa shape index (κ3) is 6.92. The van der Waals surface area contributed by atoms with E-state index < -0.39 is 24.8 Å². The van der Waals surface area contributed by atoms with Gasteiger partial charge in [0.25, 0.3) is 0 Å². The minimum atomic E-state index is -3.61. The number of hydrogen-bond donors (Lipinski definition) is 2. The SMILES string of the molecule is C[C@H](CC(C)(C)S(N)(=O)=O)c1ccc(-c2ccc(CCNS(C)(=O)=O)cc2)cc1. The predicted octanol–water partition coefficient (Wildman–Crippen LogP) is 3.01. The molecule has 0 amide bonds. The molecule has 0 radical (unpaired) electrons. The molecule has 2 aromatic rings. The first-order valence-corrected chi connectivity index (χ1v) is 12.9. The van der Waals surface area contributed by atoms with E-state index >= 15 is 0 Å². The average Bonchev–Trinajstić information content (AvgIpc) is 2.60. The fourth-order valence-corrected chi connectivity index (χ4v) is 4.18. The fraction of sp³-hybridized carbons (Fsp3) is 0.429. The molecule has 0 spiro atoms. The number of nitrogens with one attached hydrogen (secondary N) is 1. The van der Waals surface area contributed by atoms with Crippen molar-refractivity contribution in [2.24, 2.45) is 5.14 Å². The average molecular weight is 439 g/mol. The van der Waals surface area contributed by atoms with Gasteiger partial charge in [0.05, 0.1) is 11.0 Å². The van der Waals surface area contributed by atoms with E-state index in [0.29, 0.717) is 19.4 Å². The molecule has 3 N–H and O–H groups in total. The van der Waals surface area contributed by atoms with E-state index in [-0.39, 0.29) is 5.92 Å². The summed E-state index contributed by atoms with van der Waals surface area (Å²) in [6.07, 6.45) is 2.22. The number of hydrogen-bond acceptors (Lipinski definition) is 4. The van der Waals surface area contributed by atoms with Gasteiger partial charge in [-0.1, -0.05) is 55.5 Å². The van der Waals surface area contributed by atoms with Crippen LogP contribution < -0.4 is 9.86 Å². The molecule has 0 aliphatic heterocycles. The molecular weight excluding hydrogens is 408 g/mol. The van der Waals surface area contributed by atoms with Crippen LogP contribution in [0.25, 0.3) is 11.1 Å². The second-order valence-corrected chi connectivity index (χ2v) is 12.2. The standard InChI is InChI=1S/C21H30N2O4S2/c1-16(15-21(2,3)29(22,26)27)18-9-11-20(12-10-18)19-7-5-17(6-8-19)13-14-23-28(4,24)25/h5-12,16,23H,13-15H2,1-4H3,(H2,22,26,27)/t16-/m1/s1. The lowest BCUT2D eigenvalue weighted by molar-refractivity contribution is 0.500. The summed E-state index contributed by atoms with van der Waals surface area (Å²) in [6, 6.07) is 16.1. The van der Waals surface area contributed by atoms with Crippen LogP contribution in [0.1, 0.15) is 44.2 Å². The van der Waals surface area contributed by atoms with Gasteiger partial charge < -0.3 is 0 Å². The maximum atomic E-state index is 11.7. The molecule has 2 rings (SSSR count). The summed E-state index contributed by atoms with van der Waals surface area (Å²) in [7, 11) is -6.78. The lowest BCUT2D eigenvalue weighted by Crippen LogP contribution is -2.38. The van der Waals surface area contributed by atoms with Gasteiger partial charge in [0.2, 0.25) is 20.0 Å². The molecule has 29 heavy (non-hydrogen) atoms. The summed E-state index contributed by atoms with van der Waals surface area (Å²) in [5, 5.41) is 5.34. The quantitative estimate of drug-likeness (QED) is 0.627. The van der Waals surface area contributed by atoms with Crippen molar-refractivity contribution in [3.63, 3.8) is 0 Å². The van der Waals surface area contributed by atoms with Crippen molar-refractivity contribution in [3.8, 4) is 11.1 Å². The van der Waals surface area contributed by atoms with Crippen LogP contribution in [0.15, 0.2) is 48.5 Å². The van der Waals surface area contributed by atoms with Gasteiger partial charge in [0, 0.05) is 6.54 Å². The van der Waals surface area contributed by atoms with E-state index in [9.17, 15) is 16.8 Å². The summed E-state index contributed by atoms with van der Waals surface area (Å²) in [5.74, 6) is 0.0575. The van der Waals surface area contributed by atoms with Crippen LogP contribution in [0, 0.1) is 0 Å². The largest absolute Gasteiger partial charge is 0.228 e. The normalized spacial score (nSPS) is 14.0. The maximum Gasteiger partial charge on any atom is 0.214 e. The van der Waals surface area contributed by atoms with Crippen LogP contribution in [0.4, 0.5) is 0 Å². The Morgan fingerprint density at radius 1 is 0.931 bits per heavy atom. The van der Waals surface area contributed by atoms with Gasteiger partial charge in [-0.2, -0.15) is 0 Å². The van der Waals surface area contributed by atoms with Crippen LogP contribution in [-0.4, -0.2) is 34.4 Å². The minimum absolute atomic E-state index is 0.0575. The van der Waals surface area contributed by atoms with E-state index in [1.807, 2.05) is 55.5 Å². The topological polar surface area (TPSA) is 106 Å². The van der Waals surface area contributed by atoms with Gasteiger partial charge in [-0.25, -0.2) is 26.7 Å². The molecule has 160 valence electrons. The van der Waals surface area contributed by atoms with Crippen molar-refractivity contribution in [1.82, 2.24) is 4.72 Å². The van der Waals surface area contributed by atoms with Gasteiger partial charge in [-0.3, -0.25) is 0 Å². The zero-order chi connectivity index (χ0) is 21.9. The molecule has 0 saturated heterocycles. The highest BCUT2D eigenvalue weighted by molar-refractivity contribution is 7.90. The molecule has 0 saturated carbocycles. The molecule has 0 unspecified atom stereocenters. The number of sulfonamides is 2. The van der Waals surface area contributed by atoms with E-state index in [0.717, 1.165) is 28.5 Å². The van der Waals surface area contributed by atoms with Gasteiger partial charge in [0.1, 0.15) is 0 Å². The minimum Gasteiger partial charge on any atom is -0.228 e. The summed E-state index contributed by atoms with van der Waals surface area (Å²) in [6.45, 7) is 5.68. The molecule has 0 aliphatic rings. The van der Waals surface area contributed by atoms with Crippen LogP contribution in [0.2, 0.25) is 0 Å². The first-order chi connectivity index (χ1) is 13.3. The van der Waals surface area contributed by atoms with Gasteiger partial charge in [-0.05, 0) is 54.9 Å². The van der Waals surface area contributed by atoms with Gasteiger partial charge in [-0.15, -0.1) is 0 Å². The monoisotopic (exact) mass is 438 g/mol. The molecule has 0 aliphatic carbocycles. The Hall–Kier alpha value is -1.74. The molecule has 0 heterocycles. The third-order valence-electron chi connectivity index (χ3n) is 5.11. The van der Waals surface area contributed by atoms with Crippen molar-refractivity contribution in [1.29, 1.82) is 0 Å². The molecule has 2 aromatic carbocycles. The molecule has 0 fully saturated rings. The number of rotatable bonds is 9. The van der Waals surface area contributed by atoms with Crippen molar-refractivity contribution < 1.29 is 16.8 Å². The fourth-order valence-electron chi connectivity index (χ4n) is 3.22. The van der Waals surface area contributed by atoms with E-state index in [4.69, 9.17) is 5.14 Å². The number of primary sulfonamides is 1. The van der Waals surface area contributed by atoms with Crippen LogP contribution in [0.3, 0.4) is 0 Å². The van der Waals surface area contributed by atoms with Crippen LogP contribution in [-0.2, 0) is 26.5 Å². The van der Waals surface area contributed by atoms with Gasteiger partial charge in [0.15, 0.2) is 0 Å². The zero-order valence-corrected chi connectivity index (χ0v) is 19.0. The first-order valence-electron chi connectivity index (χ1n) is 9.45. The molecule has 1 atom stereocenters. The highest BCUT2D eigenvalue weighted by Crippen LogP contribution is 2.31. The van der Waals surface area contributed by atoms with Crippen LogP contribution >= 0.6 is 0 Å². The Morgan fingerprint density at radius 3 is 1.86 bits per heavy atom. The Morgan fingerprint density at radius 2 is 1.41 bits per heavy atom. The molecule has 0 aromatic heterocycles. The smallest absolute Gasteiger partial charge is 0.214 e. The summed E-state index contributed by atoms with van der Waals surface area (Å²) in [4.78, 5) is 0. The lowest BCUT2D eigenvalue weighted by atomic mass is 9.90. The number of nitrogens with two attached hydrogens (primary N) is 1. The van der Waals surface area contributed by atoms with E-state index in [1.54, 1.807) is 13.8 Å². The van der Waals surface area contributed by atoms with E-state index in [2.05, 4.69) is 4.72 Å². The van der Waals surface area contributed by atoms with Gasteiger partial charge >= 0.3 is 0 Å². The predicted molar refractivity (Wildman–Crippen MR) is 119 cm³/mol. The maximum absolute atomic E-state index is 11.7. The Balaban J connectivity index is 2.04. The Labute approximate surface area is 174 Å². The van der Waals surface area contributed by atoms with Crippen molar-refractivity contribution in [3.05, 3.63) is 59.7 Å². The third-order valence-corrected chi connectivity index (χ3v) is 7.55. The highest BCUT2D eigenvalue weighted by Gasteiger charge is 2.33. The Kier molecular flexibility index (Phi) is 7.27. The lowest BCUT2D eigenvalue weighted by Gasteiger charge is -2.26. The van der Waals surface area contributed by atoms with E-state index in [1.165, 1.54) is 0 Å². The second-order valence-electron chi connectivity index (χ2n) is 8.15. The van der Waals surface area contributed by atoms with Crippen molar-refractivity contribution in [2.75, 3.05) is 12.8 Å². The van der Waals surface area contributed by atoms with Crippen molar-refractivity contribution in [2.45, 2.75) is 44.3 Å². The first kappa shape index (κ1) is 23.5. The molecule has 8 heteroatoms. The zero-order valence-electron chi connectivity index (χ0n) is 17.3. The summed E-state index contributed by atoms with van der Waals surface area (Å²) >= 11 is 0. The second kappa shape index (κ2) is 8.95. The molecule has 6 nitrogen and oxygen atoms in total. The Bertz CT molecular complexity index is 1030. The molecular formula is C21H30N2O4S2. The molecule has 0 bridgehead atoms.